The van der Waals surface area contributed by atoms with E-state index in [-0.39, 0.29) is 10.9 Å². The van der Waals surface area contributed by atoms with Crippen LogP contribution in [0.1, 0.15) is 18.1 Å². The molecule has 6 nitrogen and oxygen atoms in total. The molecule has 0 fully saturated rings. The highest BCUT2D eigenvalue weighted by atomic mass is 32.2. The lowest BCUT2D eigenvalue weighted by Gasteiger charge is -2.15. The molecule has 0 aliphatic heterocycles. The zero-order valence-electron chi connectivity index (χ0n) is 12.2. The predicted molar refractivity (Wildman–Crippen MR) is 81.1 cm³/mol. The van der Waals surface area contributed by atoms with Crippen LogP contribution in [0.15, 0.2) is 41.8 Å². The maximum Gasteiger partial charge on any atom is 0.240 e. The highest BCUT2D eigenvalue weighted by Crippen LogP contribution is 2.15. The van der Waals surface area contributed by atoms with Crippen LogP contribution in [0.4, 0.5) is 0 Å². The summed E-state index contributed by atoms with van der Waals surface area (Å²) in [6.07, 6.45) is 5.12. The first-order valence-corrected chi connectivity index (χ1v) is 8.18. The van der Waals surface area contributed by atoms with Crippen molar-refractivity contribution in [2.24, 2.45) is 5.73 Å². The Morgan fingerprint density at radius 3 is 2.76 bits per heavy atom. The second kappa shape index (κ2) is 6.38. The Labute approximate surface area is 125 Å². The van der Waals surface area contributed by atoms with E-state index in [1.54, 1.807) is 36.9 Å². The molecule has 2 aromatic rings. The average Bonchev–Trinajstić information content (AvgIpc) is 2.90. The Kier molecular flexibility index (Phi) is 4.76. The number of hydrogen-bond acceptors (Lipinski definition) is 4. The van der Waals surface area contributed by atoms with Crippen LogP contribution in [-0.2, 0) is 23.1 Å². The third-order valence-corrected chi connectivity index (χ3v) is 4.83. The molecular formula is C14H20N4O2S. The fraction of sp³-hybridized carbons (Fsp3) is 0.357. The van der Waals surface area contributed by atoms with E-state index in [2.05, 4.69) is 9.71 Å². The lowest BCUT2D eigenvalue weighted by atomic mass is 10.1. The molecule has 0 radical (unpaired) electrons. The molecule has 0 saturated carbocycles. The van der Waals surface area contributed by atoms with Crippen molar-refractivity contribution in [2.45, 2.75) is 37.9 Å². The van der Waals surface area contributed by atoms with Gasteiger partial charge in [-0.05, 0) is 37.1 Å². The van der Waals surface area contributed by atoms with Crippen molar-refractivity contribution in [3.05, 3.63) is 48.0 Å². The van der Waals surface area contributed by atoms with Crippen LogP contribution in [0.3, 0.4) is 0 Å². The molecule has 2 rings (SSSR count). The first-order valence-electron chi connectivity index (χ1n) is 6.70. The van der Waals surface area contributed by atoms with Gasteiger partial charge in [0.2, 0.25) is 10.0 Å². The van der Waals surface area contributed by atoms with Crippen molar-refractivity contribution in [1.29, 1.82) is 0 Å². The minimum absolute atomic E-state index is 0.237. The van der Waals surface area contributed by atoms with Gasteiger partial charge in [-0.2, -0.15) is 0 Å². The number of nitrogens with one attached hydrogen (secondary N) is 1. The molecule has 0 bridgehead atoms. The first kappa shape index (κ1) is 15.7. The summed E-state index contributed by atoms with van der Waals surface area (Å²) in [6.45, 7) is 4.60. The molecule has 0 aliphatic rings. The third-order valence-electron chi connectivity index (χ3n) is 3.24. The van der Waals surface area contributed by atoms with Crippen molar-refractivity contribution in [1.82, 2.24) is 14.3 Å². The summed E-state index contributed by atoms with van der Waals surface area (Å²) in [5.41, 5.74) is 7.41. The lowest BCUT2D eigenvalue weighted by Crippen LogP contribution is -2.35. The number of nitrogens with two attached hydrogens (primary N) is 1. The van der Waals surface area contributed by atoms with Gasteiger partial charge in [-0.1, -0.05) is 6.07 Å². The molecule has 1 atom stereocenters. The van der Waals surface area contributed by atoms with Crippen molar-refractivity contribution in [3.63, 3.8) is 0 Å². The largest absolute Gasteiger partial charge is 0.336 e. The summed E-state index contributed by atoms with van der Waals surface area (Å²) in [7, 11) is -3.53. The number of aryl methyl sites for hydroxylation is 1. The zero-order valence-corrected chi connectivity index (χ0v) is 13.0. The van der Waals surface area contributed by atoms with Gasteiger partial charge < -0.3 is 10.3 Å². The number of imidazole rings is 1. The Balaban J connectivity index is 2.12. The van der Waals surface area contributed by atoms with E-state index < -0.39 is 10.0 Å². The van der Waals surface area contributed by atoms with Gasteiger partial charge in [0.1, 0.15) is 0 Å². The summed E-state index contributed by atoms with van der Waals surface area (Å²) in [5, 5.41) is 0. The molecule has 0 spiro atoms. The highest BCUT2D eigenvalue weighted by Gasteiger charge is 2.18. The minimum atomic E-state index is -3.53. The number of sulfonamides is 1. The molecule has 1 unspecified atom stereocenters. The van der Waals surface area contributed by atoms with Crippen molar-refractivity contribution in [3.8, 4) is 0 Å². The Bertz CT molecular complexity index is 696. The van der Waals surface area contributed by atoms with E-state index in [1.807, 2.05) is 18.4 Å². The topological polar surface area (TPSA) is 90.0 Å². The van der Waals surface area contributed by atoms with Crippen LogP contribution in [-0.4, -0.2) is 24.0 Å². The van der Waals surface area contributed by atoms with Crippen molar-refractivity contribution >= 4 is 10.0 Å². The van der Waals surface area contributed by atoms with Gasteiger partial charge in [0.05, 0.1) is 11.2 Å². The van der Waals surface area contributed by atoms with Crippen LogP contribution in [0.2, 0.25) is 0 Å². The molecule has 1 aromatic carbocycles. The highest BCUT2D eigenvalue weighted by molar-refractivity contribution is 7.89. The minimum Gasteiger partial charge on any atom is -0.336 e. The van der Waals surface area contributed by atoms with Crippen molar-refractivity contribution < 1.29 is 8.42 Å². The van der Waals surface area contributed by atoms with E-state index in [9.17, 15) is 8.42 Å². The predicted octanol–water partition coefficient (Wildman–Crippen LogP) is 1.02. The SMILES string of the molecule is Cc1cc(S(=O)(=O)NC(C)Cn2ccnc2)ccc1CN. The molecule has 0 saturated heterocycles. The number of aromatic nitrogens is 2. The lowest BCUT2D eigenvalue weighted by molar-refractivity contribution is 0.520. The molecular weight excluding hydrogens is 288 g/mol. The van der Waals surface area contributed by atoms with Gasteiger partial charge >= 0.3 is 0 Å². The first-order chi connectivity index (χ1) is 9.92. The molecule has 1 heterocycles. The Morgan fingerprint density at radius 1 is 1.43 bits per heavy atom. The molecule has 1 aromatic heterocycles. The van der Waals surface area contributed by atoms with E-state index in [0.29, 0.717) is 13.1 Å². The molecule has 114 valence electrons. The van der Waals surface area contributed by atoms with Gasteiger partial charge in [0.15, 0.2) is 0 Å². The zero-order chi connectivity index (χ0) is 15.5. The maximum atomic E-state index is 12.4. The fourth-order valence-corrected chi connectivity index (χ4v) is 3.47. The van der Waals surface area contributed by atoms with E-state index in [4.69, 9.17) is 5.73 Å². The fourth-order valence-electron chi connectivity index (χ4n) is 2.15. The summed E-state index contributed by atoms with van der Waals surface area (Å²) < 4.78 is 29.2. The second-order valence-corrected chi connectivity index (χ2v) is 6.79. The Hall–Kier alpha value is -1.70. The van der Waals surface area contributed by atoms with Gasteiger partial charge in [-0.3, -0.25) is 0 Å². The molecule has 3 N–H and O–H groups in total. The molecule has 0 amide bonds. The summed E-state index contributed by atoms with van der Waals surface area (Å²) in [6, 6.07) is 4.75. The maximum absolute atomic E-state index is 12.4. The van der Waals surface area contributed by atoms with Gasteiger partial charge in [-0.15, -0.1) is 0 Å². The summed E-state index contributed by atoms with van der Waals surface area (Å²) in [4.78, 5) is 4.19. The van der Waals surface area contributed by atoms with Gasteiger partial charge in [0, 0.05) is 31.5 Å². The van der Waals surface area contributed by atoms with E-state index >= 15 is 0 Å². The normalized spacial score (nSPS) is 13.3. The molecule has 0 aliphatic carbocycles. The second-order valence-electron chi connectivity index (χ2n) is 5.07. The van der Waals surface area contributed by atoms with Crippen LogP contribution >= 0.6 is 0 Å². The number of hydrogen-bond donors (Lipinski definition) is 2. The van der Waals surface area contributed by atoms with Crippen LogP contribution in [0, 0.1) is 6.92 Å². The number of nitrogens with zero attached hydrogens (tertiary/aromatic N) is 2. The monoisotopic (exact) mass is 308 g/mol. The van der Waals surface area contributed by atoms with Crippen molar-refractivity contribution in [2.75, 3.05) is 0 Å². The van der Waals surface area contributed by atoms with Crippen LogP contribution < -0.4 is 10.5 Å². The third kappa shape index (κ3) is 3.90. The van der Waals surface area contributed by atoms with Crippen LogP contribution in [0.5, 0.6) is 0 Å². The average molecular weight is 308 g/mol. The molecule has 21 heavy (non-hydrogen) atoms. The van der Waals surface area contributed by atoms with E-state index in [0.717, 1.165) is 11.1 Å². The summed E-state index contributed by atoms with van der Waals surface area (Å²) >= 11 is 0. The summed E-state index contributed by atoms with van der Waals surface area (Å²) in [5.74, 6) is 0. The van der Waals surface area contributed by atoms with Gasteiger partial charge in [0.25, 0.3) is 0 Å². The number of benzene rings is 1. The Morgan fingerprint density at radius 2 is 2.19 bits per heavy atom. The van der Waals surface area contributed by atoms with E-state index in [1.165, 1.54) is 0 Å². The smallest absolute Gasteiger partial charge is 0.240 e. The standard InChI is InChI=1S/C14H20N4O2S/c1-11-7-14(4-3-13(11)8-15)21(19,20)17-12(2)9-18-6-5-16-10-18/h3-7,10,12,17H,8-9,15H2,1-2H3. The quantitative estimate of drug-likeness (QED) is 0.833. The number of rotatable bonds is 6. The molecule has 7 heteroatoms. The van der Waals surface area contributed by atoms with Gasteiger partial charge in [-0.25, -0.2) is 18.1 Å². The van der Waals surface area contributed by atoms with Crippen LogP contribution in [0.25, 0.3) is 0 Å².